The van der Waals surface area contributed by atoms with Crippen LogP contribution in [-0.2, 0) is 9.47 Å². The molecule has 130 valence electrons. The number of fused-ring (bicyclic) bond motifs is 1. The van der Waals surface area contributed by atoms with Crippen LogP contribution in [0.1, 0.15) is 41.5 Å². The van der Waals surface area contributed by atoms with Gasteiger partial charge in [-0.1, -0.05) is 0 Å². The van der Waals surface area contributed by atoms with Crippen molar-refractivity contribution in [2.24, 2.45) is 0 Å². The lowest BCUT2D eigenvalue weighted by Crippen LogP contribution is -2.27. The summed E-state index contributed by atoms with van der Waals surface area (Å²) in [6.45, 7) is 10.8. The Bertz CT molecular complexity index is 766. The maximum Gasteiger partial charge on any atom is 0.419 e. The van der Waals surface area contributed by atoms with Gasteiger partial charge in [-0.25, -0.2) is 14.6 Å². The van der Waals surface area contributed by atoms with E-state index in [0.29, 0.717) is 16.9 Å². The maximum absolute atomic E-state index is 12.2. The molecule has 0 bridgehead atoms. The molecule has 0 spiro atoms. The Morgan fingerprint density at radius 2 is 1.62 bits per heavy atom. The highest BCUT2D eigenvalue weighted by molar-refractivity contribution is 5.90. The molecule has 0 saturated heterocycles. The summed E-state index contributed by atoms with van der Waals surface area (Å²) in [6, 6.07) is 4.98. The normalized spacial score (nSPS) is 12.1. The van der Waals surface area contributed by atoms with Gasteiger partial charge in [0.25, 0.3) is 0 Å². The average molecular weight is 333 g/mol. The lowest BCUT2D eigenvalue weighted by Gasteiger charge is -2.20. The molecule has 2 aromatic heterocycles. The van der Waals surface area contributed by atoms with E-state index in [2.05, 4.69) is 10.3 Å². The van der Waals surface area contributed by atoms with E-state index in [0.717, 1.165) is 0 Å². The lowest BCUT2D eigenvalue weighted by atomic mass is 10.2. The summed E-state index contributed by atoms with van der Waals surface area (Å²) in [4.78, 5) is 28.3. The molecule has 0 aliphatic heterocycles. The fourth-order valence-electron chi connectivity index (χ4n) is 1.97. The predicted molar refractivity (Wildman–Crippen MR) is 91.2 cm³/mol. The summed E-state index contributed by atoms with van der Waals surface area (Å²) in [6.07, 6.45) is 0.524. The van der Waals surface area contributed by atoms with Gasteiger partial charge in [0, 0.05) is 6.20 Å². The number of nitrogens with zero attached hydrogens (tertiary/aromatic N) is 2. The van der Waals surface area contributed by atoms with Crippen LogP contribution in [0, 0.1) is 0 Å². The van der Waals surface area contributed by atoms with Crippen molar-refractivity contribution in [2.45, 2.75) is 52.7 Å². The van der Waals surface area contributed by atoms with Crippen molar-refractivity contribution in [2.75, 3.05) is 5.32 Å². The van der Waals surface area contributed by atoms with Gasteiger partial charge in [-0.2, -0.15) is 0 Å². The molecule has 0 aromatic carbocycles. The first kappa shape index (κ1) is 17.8. The smallest absolute Gasteiger partial charge is 0.419 e. The first-order valence-electron chi connectivity index (χ1n) is 7.66. The Hall–Kier alpha value is -2.57. The Labute approximate surface area is 141 Å². The number of aromatic nitrogens is 2. The third-order valence-corrected chi connectivity index (χ3v) is 2.76. The van der Waals surface area contributed by atoms with Crippen molar-refractivity contribution in [1.29, 1.82) is 0 Å². The van der Waals surface area contributed by atoms with Gasteiger partial charge < -0.3 is 9.47 Å². The molecule has 2 rings (SSSR count). The van der Waals surface area contributed by atoms with Gasteiger partial charge in [-0.3, -0.25) is 9.88 Å². The monoisotopic (exact) mass is 333 g/mol. The maximum atomic E-state index is 12.2. The van der Waals surface area contributed by atoms with Crippen molar-refractivity contribution in [1.82, 2.24) is 9.55 Å². The fraction of sp³-hybridized carbons (Fsp3) is 0.471. The SMILES string of the molecule is CC(C)(C)OC(=O)Nc1ccc2c(ccn2C(=O)OC(C)(C)C)n1. The molecular weight excluding hydrogens is 310 g/mol. The summed E-state index contributed by atoms with van der Waals surface area (Å²) in [5, 5.41) is 2.57. The van der Waals surface area contributed by atoms with E-state index >= 15 is 0 Å². The number of carbonyl (C=O) groups excluding carboxylic acids is 2. The number of ether oxygens (including phenoxy) is 2. The Kier molecular flexibility index (Phi) is 4.55. The predicted octanol–water partition coefficient (Wildman–Crippen LogP) is 4.17. The number of hydrogen-bond donors (Lipinski definition) is 1. The number of anilines is 1. The number of amides is 1. The molecule has 0 aliphatic carbocycles. The van der Waals surface area contributed by atoms with Crippen LogP contribution in [-0.4, -0.2) is 32.9 Å². The van der Waals surface area contributed by atoms with Crippen LogP contribution in [0.25, 0.3) is 11.0 Å². The van der Waals surface area contributed by atoms with E-state index in [1.807, 2.05) is 0 Å². The first-order valence-corrected chi connectivity index (χ1v) is 7.66. The van der Waals surface area contributed by atoms with Crippen molar-refractivity contribution in [3.8, 4) is 0 Å². The van der Waals surface area contributed by atoms with Crippen LogP contribution in [0.3, 0.4) is 0 Å². The highest BCUT2D eigenvalue weighted by Crippen LogP contribution is 2.19. The molecule has 7 nitrogen and oxygen atoms in total. The van der Waals surface area contributed by atoms with Gasteiger partial charge in [0.05, 0.1) is 11.0 Å². The van der Waals surface area contributed by atoms with Crippen LogP contribution in [0.15, 0.2) is 24.4 Å². The summed E-state index contributed by atoms with van der Waals surface area (Å²) in [5.74, 6) is 0.346. The number of rotatable bonds is 1. The molecule has 1 amide bonds. The molecule has 1 N–H and O–H groups in total. The number of hydrogen-bond acceptors (Lipinski definition) is 5. The van der Waals surface area contributed by atoms with Crippen molar-refractivity contribution < 1.29 is 19.1 Å². The minimum Gasteiger partial charge on any atom is -0.444 e. The second-order valence-corrected chi connectivity index (χ2v) is 7.39. The molecule has 7 heteroatoms. The average Bonchev–Trinajstić information content (AvgIpc) is 2.77. The first-order chi connectivity index (χ1) is 10.9. The molecule has 0 fully saturated rings. The highest BCUT2D eigenvalue weighted by Gasteiger charge is 2.20. The van der Waals surface area contributed by atoms with Crippen LogP contribution >= 0.6 is 0 Å². The minimum absolute atomic E-state index is 0.346. The Morgan fingerprint density at radius 1 is 1.00 bits per heavy atom. The third-order valence-electron chi connectivity index (χ3n) is 2.76. The van der Waals surface area contributed by atoms with E-state index in [4.69, 9.17) is 9.47 Å². The summed E-state index contributed by atoms with van der Waals surface area (Å²) >= 11 is 0. The number of pyridine rings is 1. The summed E-state index contributed by atoms with van der Waals surface area (Å²) < 4.78 is 11.9. The zero-order valence-electron chi connectivity index (χ0n) is 14.8. The Balaban J connectivity index is 2.19. The molecular formula is C17H23N3O4. The lowest BCUT2D eigenvalue weighted by molar-refractivity contribution is 0.0543. The Morgan fingerprint density at radius 3 is 2.21 bits per heavy atom. The second-order valence-electron chi connectivity index (χ2n) is 7.39. The zero-order valence-corrected chi connectivity index (χ0v) is 14.8. The van der Waals surface area contributed by atoms with E-state index in [-0.39, 0.29) is 0 Å². The molecule has 0 radical (unpaired) electrons. The van der Waals surface area contributed by atoms with Gasteiger partial charge in [0.2, 0.25) is 0 Å². The molecule has 0 atom stereocenters. The minimum atomic E-state index is -0.589. The van der Waals surface area contributed by atoms with E-state index in [1.165, 1.54) is 4.57 Å². The largest absolute Gasteiger partial charge is 0.444 e. The van der Waals surface area contributed by atoms with Crippen LogP contribution in [0.2, 0.25) is 0 Å². The second kappa shape index (κ2) is 6.14. The van der Waals surface area contributed by atoms with Gasteiger partial charge in [-0.15, -0.1) is 0 Å². The van der Waals surface area contributed by atoms with Crippen molar-refractivity contribution >= 4 is 29.0 Å². The van der Waals surface area contributed by atoms with Crippen molar-refractivity contribution in [3.63, 3.8) is 0 Å². The van der Waals surface area contributed by atoms with E-state index in [1.54, 1.807) is 65.9 Å². The van der Waals surface area contributed by atoms with Gasteiger partial charge >= 0.3 is 12.2 Å². The van der Waals surface area contributed by atoms with E-state index in [9.17, 15) is 9.59 Å². The quantitative estimate of drug-likeness (QED) is 0.847. The zero-order chi connectivity index (χ0) is 18.1. The van der Waals surface area contributed by atoms with Crippen LogP contribution < -0.4 is 5.32 Å². The number of nitrogens with one attached hydrogen (secondary N) is 1. The molecule has 0 saturated carbocycles. The van der Waals surface area contributed by atoms with Gasteiger partial charge in [0.1, 0.15) is 17.0 Å². The van der Waals surface area contributed by atoms with E-state index < -0.39 is 23.4 Å². The number of carbonyl (C=O) groups is 2. The summed E-state index contributed by atoms with van der Waals surface area (Å²) in [7, 11) is 0. The highest BCUT2D eigenvalue weighted by atomic mass is 16.6. The molecule has 24 heavy (non-hydrogen) atoms. The molecule has 2 aromatic rings. The van der Waals surface area contributed by atoms with Crippen LogP contribution in [0.5, 0.6) is 0 Å². The van der Waals surface area contributed by atoms with Gasteiger partial charge in [0.15, 0.2) is 0 Å². The van der Waals surface area contributed by atoms with Crippen molar-refractivity contribution in [3.05, 3.63) is 24.4 Å². The molecule has 2 heterocycles. The van der Waals surface area contributed by atoms with Gasteiger partial charge in [-0.05, 0) is 59.7 Å². The molecule has 0 unspecified atom stereocenters. The van der Waals surface area contributed by atoms with Crippen LogP contribution in [0.4, 0.5) is 15.4 Å². The third kappa shape index (κ3) is 4.71. The summed E-state index contributed by atoms with van der Waals surface area (Å²) in [5.41, 5.74) is -0.0125. The molecule has 0 aliphatic rings. The fourth-order valence-corrected chi connectivity index (χ4v) is 1.97. The topological polar surface area (TPSA) is 82.5 Å². The standard InChI is InChI=1S/C17H23N3O4/c1-16(2,3)23-14(21)19-13-8-7-12-11(18-13)9-10-20(12)15(22)24-17(4,5)6/h7-10H,1-6H3,(H,18,19,21).